The van der Waals surface area contributed by atoms with Gasteiger partial charge in [-0.2, -0.15) is 9.78 Å². The van der Waals surface area contributed by atoms with Gasteiger partial charge in [-0.3, -0.25) is 4.79 Å². The number of hydrogen-bond acceptors (Lipinski definition) is 9. The number of nitrogens with zero attached hydrogens (tertiary/aromatic N) is 5. The Morgan fingerprint density at radius 2 is 1.85 bits per heavy atom. The molecule has 0 spiro atoms. The average Bonchev–Trinajstić information content (AvgIpc) is 3.32. The van der Waals surface area contributed by atoms with Gasteiger partial charge in [-0.05, 0) is 59.3 Å². The lowest BCUT2D eigenvalue weighted by Gasteiger charge is -2.28. The lowest BCUT2D eigenvalue weighted by Crippen LogP contribution is -2.29. The summed E-state index contributed by atoms with van der Waals surface area (Å²) in [5.74, 6) is 2.22. The fourth-order valence-corrected chi connectivity index (χ4v) is 3.96. The number of fused-ring (bicyclic) bond motifs is 2. The molecule has 0 fully saturated rings. The SMILES string of the molecule is CCOc1ccc(-c2n[nH]c(=O)c3c2[C@@H](c2ccc(OC)c(OC)c2)n2nnnc2N3)cc1. The van der Waals surface area contributed by atoms with E-state index in [4.69, 9.17) is 14.2 Å². The second-order valence-electron chi connectivity index (χ2n) is 7.24. The standard InChI is InChI=1S/C22H21N7O4/c1-4-33-14-8-5-12(6-9-14)18-17-19(21(30)25-24-18)23-22-26-27-28-29(22)20(17)13-7-10-15(31-2)16(11-13)32-3/h5-11,20H,4H2,1-3H3,(H,25,30)(H,23,26,28)/t20-/m1/s1. The van der Waals surface area contributed by atoms with Crippen LogP contribution in [0.15, 0.2) is 47.3 Å². The Bertz CT molecular complexity index is 1360. The molecule has 5 rings (SSSR count). The van der Waals surface area contributed by atoms with Crippen molar-refractivity contribution < 1.29 is 14.2 Å². The van der Waals surface area contributed by atoms with Crippen molar-refractivity contribution in [2.24, 2.45) is 0 Å². The molecule has 0 bridgehead atoms. The lowest BCUT2D eigenvalue weighted by atomic mass is 9.92. The summed E-state index contributed by atoms with van der Waals surface area (Å²) in [6.07, 6.45) is 0. The molecule has 2 aromatic carbocycles. The van der Waals surface area contributed by atoms with Crippen LogP contribution < -0.4 is 25.1 Å². The van der Waals surface area contributed by atoms with Gasteiger partial charge in [-0.1, -0.05) is 11.2 Å². The molecule has 2 N–H and O–H groups in total. The number of tetrazole rings is 1. The first-order valence-electron chi connectivity index (χ1n) is 10.3. The molecular weight excluding hydrogens is 426 g/mol. The number of methoxy groups -OCH3 is 2. The minimum Gasteiger partial charge on any atom is -0.494 e. The van der Waals surface area contributed by atoms with Crippen LogP contribution in [-0.4, -0.2) is 51.2 Å². The zero-order chi connectivity index (χ0) is 22.9. The molecule has 0 saturated heterocycles. The van der Waals surface area contributed by atoms with Crippen LogP contribution in [0.2, 0.25) is 0 Å². The van der Waals surface area contributed by atoms with E-state index in [1.165, 1.54) is 0 Å². The summed E-state index contributed by atoms with van der Waals surface area (Å²) < 4.78 is 18.1. The van der Waals surface area contributed by atoms with Gasteiger partial charge in [-0.25, -0.2) is 5.10 Å². The van der Waals surface area contributed by atoms with E-state index in [0.29, 0.717) is 41.0 Å². The molecule has 1 aliphatic rings. The number of aromatic nitrogens is 6. The van der Waals surface area contributed by atoms with Crippen LogP contribution in [0.25, 0.3) is 11.3 Å². The molecule has 1 atom stereocenters. The van der Waals surface area contributed by atoms with Gasteiger partial charge < -0.3 is 19.5 Å². The predicted molar refractivity (Wildman–Crippen MR) is 119 cm³/mol. The molecule has 1 aliphatic heterocycles. The van der Waals surface area contributed by atoms with Gasteiger partial charge in [0.15, 0.2) is 11.5 Å². The first kappa shape index (κ1) is 20.5. The lowest BCUT2D eigenvalue weighted by molar-refractivity contribution is 0.340. The van der Waals surface area contributed by atoms with Crippen LogP contribution in [0.3, 0.4) is 0 Å². The van der Waals surface area contributed by atoms with Gasteiger partial charge in [0.1, 0.15) is 17.5 Å². The molecule has 0 aliphatic carbocycles. The number of ether oxygens (including phenoxy) is 3. The summed E-state index contributed by atoms with van der Waals surface area (Å²) in [4.78, 5) is 12.8. The van der Waals surface area contributed by atoms with Crippen LogP contribution in [0, 0.1) is 0 Å². The maximum Gasteiger partial charge on any atom is 0.288 e. The van der Waals surface area contributed by atoms with Gasteiger partial charge in [0.25, 0.3) is 5.56 Å². The number of aromatic amines is 1. The van der Waals surface area contributed by atoms with Crippen LogP contribution >= 0.6 is 0 Å². The molecule has 11 nitrogen and oxygen atoms in total. The minimum absolute atomic E-state index is 0.330. The Morgan fingerprint density at radius 3 is 2.58 bits per heavy atom. The minimum atomic E-state index is -0.539. The van der Waals surface area contributed by atoms with E-state index >= 15 is 0 Å². The molecule has 2 aromatic heterocycles. The van der Waals surface area contributed by atoms with Crippen molar-refractivity contribution in [3.05, 3.63) is 63.9 Å². The summed E-state index contributed by atoms with van der Waals surface area (Å²) in [5, 5.41) is 22.0. The highest BCUT2D eigenvalue weighted by atomic mass is 16.5. The van der Waals surface area contributed by atoms with E-state index in [2.05, 4.69) is 31.0 Å². The van der Waals surface area contributed by atoms with E-state index in [0.717, 1.165) is 16.9 Å². The van der Waals surface area contributed by atoms with E-state index in [-0.39, 0.29) is 5.56 Å². The van der Waals surface area contributed by atoms with Crippen molar-refractivity contribution in [3.63, 3.8) is 0 Å². The van der Waals surface area contributed by atoms with E-state index in [1.54, 1.807) is 25.0 Å². The molecule has 3 heterocycles. The Balaban J connectivity index is 1.73. The number of H-pyrrole nitrogens is 1. The summed E-state index contributed by atoms with van der Waals surface area (Å²) >= 11 is 0. The van der Waals surface area contributed by atoms with Crippen LogP contribution in [0.5, 0.6) is 17.2 Å². The van der Waals surface area contributed by atoms with E-state index < -0.39 is 6.04 Å². The molecule has 0 saturated carbocycles. The van der Waals surface area contributed by atoms with Crippen molar-refractivity contribution in [1.82, 2.24) is 30.4 Å². The normalized spacial score (nSPS) is 14.1. The highest BCUT2D eigenvalue weighted by molar-refractivity contribution is 5.75. The Kier molecular flexibility index (Phi) is 5.13. The average molecular weight is 447 g/mol. The maximum atomic E-state index is 12.8. The van der Waals surface area contributed by atoms with Crippen molar-refractivity contribution in [1.29, 1.82) is 0 Å². The van der Waals surface area contributed by atoms with Crippen LogP contribution in [-0.2, 0) is 0 Å². The Morgan fingerprint density at radius 1 is 1.06 bits per heavy atom. The van der Waals surface area contributed by atoms with Crippen molar-refractivity contribution in [2.75, 3.05) is 26.1 Å². The highest BCUT2D eigenvalue weighted by Crippen LogP contribution is 2.43. The predicted octanol–water partition coefficient (Wildman–Crippen LogP) is 2.53. The number of hydrogen-bond donors (Lipinski definition) is 2. The first-order valence-corrected chi connectivity index (χ1v) is 10.3. The molecule has 33 heavy (non-hydrogen) atoms. The Hall–Kier alpha value is -4.41. The third-order valence-corrected chi connectivity index (χ3v) is 5.43. The molecule has 0 unspecified atom stereocenters. The molecular formula is C22H21N7O4. The van der Waals surface area contributed by atoms with Gasteiger partial charge in [-0.15, -0.1) is 0 Å². The molecule has 168 valence electrons. The monoisotopic (exact) mass is 447 g/mol. The topological polar surface area (TPSA) is 129 Å². The smallest absolute Gasteiger partial charge is 0.288 e. The molecule has 11 heteroatoms. The van der Waals surface area contributed by atoms with E-state index in [9.17, 15) is 4.79 Å². The second-order valence-corrected chi connectivity index (χ2v) is 7.24. The zero-order valence-electron chi connectivity index (χ0n) is 18.2. The third-order valence-electron chi connectivity index (χ3n) is 5.43. The third kappa shape index (κ3) is 3.43. The summed E-state index contributed by atoms with van der Waals surface area (Å²) in [6.45, 7) is 2.50. The number of rotatable bonds is 6. The van der Waals surface area contributed by atoms with E-state index in [1.807, 2.05) is 43.3 Å². The van der Waals surface area contributed by atoms with Crippen molar-refractivity contribution in [3.8, 4) is 28.5 Å². The largest absolute Gasteiger partial charge is 0.494 e. The first-order chi connectivity index (χ1) is 16.1. The van der Waals surface area contributed by atoms with Crippen LogP contribution in [0.4, 0.5) is 11.6 Å². The number of nitrogens with one attached hydrogen (secondary N) is 2. The summed E-state index contributed by atoms with van der Waals surface area (Å²) in [5.41, 5.74) is 2.77. The summed E-state index contributed by atoms with van der Waals surface area (Å²) in [7, 11) is 3.14. The summed E-state index contributed by atoms with van der Waals surface area (Å²) in [6, 6.07) is 12.5. The fraction of sp³-hybridized carbons (Fsp3) is 0.227. The molecule has 0 radical (unpaired) electrons. The molecule has 4 aromatic rings. The van der Waals surface area contributed by atoms with Crippen molar-refractivity contribution >= 4 is 11.6 Å². The quantitative estimate of drug-likeness (QED) is 0.403. The van der Waals surface area contributed by atoms with Gasteiger partial charge >= 0.3 is 0 Å². The van der Waals surface area contributed by atoms with Gasteiger partial charge in [0.05, 0.1) is 26.5 Å². The van der Waals surface area contributed by atoms with Gasteiger partial charge in [0.2, 0.25) is 5.95 Å². The number of anilines is 2. The fourth-order valence-electron chi connectivity index (χ4n) is 3.96. The Labute approximate surface area is 188 Å². The number of benzene rings is 2. The van der Waals surface area contributed by atoms with Crippen LogP contribution in [0.1, 0.15) is 24.1 Å². The zero-order valence-corrected chi connectivity index (χ0v) is 18.2. The van der Waals surface area contributed by atoms with Gasteiger partial charge in [0, 0.05) is 11.1 Å². The highest BCUT2D eigenvalue weighted by Gasteiger charge is 2.34. The second kappa shape index (κ2) is 8.26. The maximum absolute atomic E-state index is 12.8. The van der Waals surface area contributed by atoms with Crippen molar-refractivity contribution in [2.45, 2.75) is 13.0 Å². The molecule has 0 amide bonds.